The van der Waals surface area contributed by atoms with E-state index in [0.29, 0.717) is 58.3 Å². The molecule has 0 atom stereocenters. The lowest BCUT2D eigenvalue weighted by atomic mass is 10.0. The molecule has 0 radical (unpaired) electrons. The van der Waals surface area contributed by atoms with Crippen LogP contribution in [0.2, 0.25) is 0 Å². The van der Waals surface area contributed by atoms with Crippen LogP contribution in [0.25, 0.3) is 0 Å². The molecule has 2 rings (SSSR count). The first-order chi connectivity index (χ1) is 18.2. The van der Waals surface area contributed by atoms with Crippen LogP contribution in [0.1, 0.15) is 26.3 Å². The van der Waals surface area contributed by atoms with Crippen molar-refractivity contribution in [1.29, 1.82) is 5.53 Å². The summed E-state index contributed by atoms with van der Waals surface area (Å²) in [5, 5.41) is 6.18. The molecule has 2 aromatic rings. The Hall–Kier alpha value is -3.54. The molecule has 0 spiro atoms. The van der Waals surface area contributed by atoms with Gasteiger partial charge in [0.25, 0.3) is 5.91 Å². The Balaban J connectivity index is 1.67. The van der Waals surface area contributed by atoms with Gasteiger partial charge in [-0.05, 0) is 31.2 Å². The number of sulfone groups is 1. The number of hydrogen-bond donors (Lipinski definition) is 2. The van der Waals surface area contributed by atoms with Gasteiger partial charge in [-0.2, -0.15) is 0 Å². The predicted molar refractivity (Wildman–Crippen MR) is 140 cm³/mol. The Kier molecular flexibility index (Phi) is 13.2. The van der Waals surface area contributed by atoms with Crippen LogP contribution in [0.15, 0.2) is 70.7 Å². The molecule has 0 fully saturated rings. The van der Waals surface area contributed by atoms with Crippen LogP contribution in [-0.4, -0.2) is 78.6 Å². The average molecular weight is 546 g/mol. The molecule has 1 amide bonds. The standard InChI is InChI=1S/C26H32N4O7S/c1-20-3-9-24(10-4-20)38(33,34)19-21(2)25(31)22-5-7-23(8-6-22)26(32)28-11-13-35-15-17-37-18-16-36-14-12-29-30-27/h3-10,27H,2,11-19H2,1H3/p+1. The Labute approximate surface area is 222 Å². The quantitative estimate of drug-likeness (QED) is 0.0957. The van der Waals surface area contributed by atoms with Crippen molar-refractivity contribution in [1.82, 2.24) is 10.2 Å². The second-order valence-corrected chi connectivity index (χ2v) is 10.1. The zero-order valence-electron chi connectivity index (χ0n) is 21.4. The Morgan fingerprint density at radius 3 is 2.05 bits per heavy atom. The zero-order valence-corrected chi connectivity index (χ0v) is 22.2. The summed E-state index contributed by atoms with van der Waals surface area (Å²) in [5.41, 5.74) is 7.99. The first-order valence-corrected chi connectivity index (χ1v) is 13.6. The minimum Gasteiger partial charge on any atom is -0.377 e. The van der Waals surface area contributed by atoms with Crippen molar-refractivity contribution in [3.05, 3.63) is 77.4 Å². The number of amides is 1. The monoisotopic (exact) mass is 545 g/mol. The summed E-state index contributed by atoms with van der Waals surface area (Å²) < 4.78 is 41.2. The molecule has 12 heteroatoms. The summed E-state index contributed by atoms with van der Waals surface area (Å²) in [5.74, 6) is -1.31. The van der Waals surface area contributed by atoms with Crippen molar-refractivity contribution in [3.63, 3.8) is 0 Å². The predicted octanol–water partition coefficient (Wildman–Crippen LogP) is 2.54. The minimum atomic E-state index is -3.70. The lowest BCUT2D eigenvalue weighted by Gasteiger charge is -2.09. The Morgan fingerprint density at radius 1 is 0.895 bits per heavy atom. The van der Waals surface area contributed by atoms with Gasteiger partial charge in [-0.3, -0.25) is 9.59 Å². The van der Waals surface area contributed by atoms with Gasteiger partial charge in [-0.15, -0.1) is 0 Å². The van der Waals surface area contributed by atoms with Crippen molar-refractivity contribution in [2.24, 2.45) is 5.11 Å². The van der Waals surface area contributed by atoms with Gasteiger partial charge in [0.15, 0.2) is 15.6 Å². The van der Waals surface area contributed by atoms with Crippen molar-refractivity contribution in [2.75, 3.05) is 58.5 Å². The number of benzene rings is 2. The normalized spacial score (nSPS) is 11.0. The fraction of sp³-hybridized carbons (Fsp3) is 0.385. The SMILES string of the molecule is C=C(CS(=O)(=O)c1ccc(C)cc1)C(=O)c1ccc(C(=O)NCCOCCOCCOCCN=[N+]=N)cc1. The summed E-state index contributed by atoms with van der Waals surface area (Å²) in [6.45, 7) is 8.42. The first-order valence-electron chi connectivity index (χ1n) is 11.9. The van der Waals surface area contributed by atoms with E-state index >= 15 is 0 Å². The molecule has 204 valence electrons. The van der Waals surface area contributed by atoms with Gasteiger partial charge in [0.05, 0.1) is 50.3 Å². The van der Waals surface area contributed by atoms with E-state index in [2.05, 4.69) is 21.9 Å². The molecule has 0 aliphatic heterocycles. The fourth-order valence-corrected chi connectivity index (χ4v) is 4.44. The highest BCUT2D eigenvalue weighted by atomic mass is 32.2. The molecule has 2 N–H and O–H groups in total. The maximum Gasteiger partial charge on any atom is 0.251 e. The Bertz CT molecular complexity index is 1220. The molecular weight excluding hydrogens is 512 g/mol. The molecule has 11 nitrogen and oxygen atoms in total. The van der Waals surface area contributed by atoms with Crippen molar-refractivity contribution in [2.45, 2.75) is 11.8 Å². The summed E-state index contributed by atoms with van der Waals surface area (Å²) >= 11 is 0. The number of ketones is 1. The molecule has 0 unspecified atom stereocenters. The zero-order chi connectivity index (χ0) is 27.8. The number of carbonyl (C=O) groups excluding carboxylic acids is 2. The number of Topliss-reactive ketones (excluding diaryl/α,β-unsaturated/α-hetero) is 1. The molecule has 0 saturated heterocycles. The van der Waals surface area contributed by atoms with Gasteiger partial charge >= 0.3 is 0 Å². The number of ether oxygens (including phenoxy) is 3. The summed E-state index contributed by atoms with van der Waals surface area (Å²) in [6, 6.07) is 12.3. The van der Waals surface area contributed by atoms with Crippen LogP contribution in [0.4, 0.5) is 0 Å². The number of nitrogens with zero attached hydrogens (tertiary/aromatic N) is 2. The number of hydrogen-bond acceptors (Lipinski definition) is 9. The lowest BCUT2D eigenvalue weighted by Crippen LogP contribution is -2.27. The molecule has 0 aromatic heterocycles. The van der Waals surface area contributed by atoms with Gasteiger partial charge < -0.3 is 19.5 Å². The fourth-order valence-electron chi connectivity index (χ4n) is 3.14. The van der Waals surface area contributed by atoms with E-state index in [1.165, 1.54) is 36.4 Å². The number of rotatable bonds is 18. The highest BCUT2D eigenvalue weighted by molar-refractivity contribution is 7.91. The van der Waals surface area contributed by atoms with Gasteiger partial charge in [-0.1, -0.05) is 36.4 Å². The maximum absolute atomic E-state index is 12.7. The van der Waals surface area contributed by atoms with E-state index in [0.717, 1.165) is 5.56 Å². The molecule has 0 aliphatic rings. The first kappa shape index (κ1) is 30.7. The molecule has 38 heavy (non-hydrogen) atoms. The smallest absolute Gasteiger partial charge is 0.251 e. The number of aryl methyl sites for hydroxylation is 1. The van der Waals surface area contributed by atoms with Gasteiger partial charge in [0.1, 0.15) is 17.2 Å². The van der Waals surface area contributed by atoms with Gasteiger partial charge in [-0.25, -0.2) is 8.42 Å². The second kappa shape index (κ2) is 16.3. The highest BCUT2D eigenvalue weighted by Gasteiger charge is 2.21. The summed E-state index contributed by atoms with van der Waals surface area (Å²) in [4.78, 5) is 28.0. The summed E-state index contributed by atoms with van der Waals surface area (Å²) in [6.07, 6.45) is 0. The van der Waals surface area contributed by atoms with Crippen molar-refractivity contribution < 1.29 is 32.2 Å². The van der Waals surface area contributed by atoms with Crippen LogP contribution < -0.4 is 10.2 Å². The molecule has 0 saturated carbocycles. The second-order valence-electron chi connectivity index (χ2n) is 8.14. The molecule has 0 aliphatic carbocycles. The van der Waals surface area contributed by atoms with Crippen LogP contribution in [-0.2, 0) is 24.0 Å². The molecule has 2 aromatic carbocycles. The van der Waals surface area contributed by atoms with Crippen molar-refractivity contribution in [3.8, 4) is 0 Å². The van der Waals surface area contributed by atoms with Gasteiger partial charge in [0.2, 0.25) is 4.91 Å². The highest BCUT2D eigenvalue weighted by Crippen LogP contribution is 2.17. The van der Waals surface area contributed by atoms with Crippen LogP contribution in [0.5, 0.6) is 0 Å². The van der Waals surface area contributed by atoms with E-state index in [1.807, 2.05) is 6.92 Å². The van der Waals surface area contributed by atoms with Crippen molar-refractivity contribution >= 4 is 21.5 Å². The largest absolute Gasteiger partial charge is 0.377 e. The number of nitrogens with one attached hydrogen (secondary N) is 2. The average Bonchev–Trinajstić information content (AvgIpc) is 2.90. The van der Waals surface area contributed by atoms with Gasteiger partial charge in [0, 0.05) is 23.2 Å². The molecule has 0 bridgehead atoms. The third-order valence-electron chi connectivity index (χ3n) is 5.16. The van der Waals surface area contributed by atoms with Crippen LogP contribution in [0.3, 0.4) is 0 Å². The summed E-state index contributed by atoms with van der Waals surface area (Å²) in [7, 11) is -3.70. The Morgan fingerprint density at radius 2 is 1.45 bits per heavy atom. The molecule has 0 heterocycles. The third-order valence-corrected chi connectivity index (χ3v) is 6.88. The molecular formula is C26H33N4O7S+. The van der Waals surface area contributed by atoms with E-state index in [4.69, 9.17) is 19.7 Å². The van der Waals surface area contributed by atoms with Crippen LogP contribution in [0, 0.1) is 12.5 Å². The lowest BCUT2D eigenvalue weighted by molar-refractivity contribution is 0.0164. The van der Waals surface area contributed by atoms with E-state index in [9.17, 15) is 18.0 Å². The third kappa shape index (κ3) is 10.8. The van der Waals surface area contributed by atoms with E-state index < -0.39 is 21.4 Å². The van der Waals surface area contributed by atoms with E-state index in [-0.39, 0.29) is 21.9 Å². The topological polar surface area (TPSA) is 158 Å². The van der Waals surface area contributed by atoms with E-state index in [1.54, 1.807) is 12.1 Å². The maximum atomic E-state index is 12.7. The minimum absolute atomic E-state index is 0.0519. The van der Waals surface area contributed by atoms with Crippen LogP contribution >= 0.6 is 0 Å². The number of carbonyl (C=O) groups is 2.